The summed E-state index contributed by atoms with van der Waals surface area (Å²) in [6.45, 7) is -0.181. The van der Waals surface area contributed by atoms with Crippen LogP contribution in [0.3, 0.4) is 0 Å². The van der Waals surface area contributed by atoms with Gasteiger partial charge in [-0.1, -0.05) is 31.7 Å². The molecule has 14 heteroatoms. The molecule has 6 aromatic rings. The predicted octanol–water partition coefficient (Wildman–Crippen LogP) is 3.82. The Hall–Kier alpha value is -1.77. The normalized spacial score (nSPS) is 9.08. The number of aromatic nitrogens is 2. The first-order valence-electron chi connectivity index (χ1n) is 13.4. The quantitative estimate of drug-likeness (QED) is 0.0926. The van der Waals surface area contributed by atoms with Gasteiger partial charge in [0.1, 0.15) is 34.7 Å². The van der Waals surface area contributed by atoms with E-state index in [0.29, 0.717) is 16.0 Å². The van der Waals surface area contributed by atoms with Gasteiger partial charge in [0.05, 0.1) is 20.3 Å². The van der Waals surface area contributed by atoms with Crippen molar-refractivity contribution in [3.63, 3.8) is 0 Å². The molecule has 50 heavy (non-hydrogen) atoms. The zero-order chi connectivity index (χ0) is 34.0. The minimum absolute atomic E-state index is 0. The van der Waals surface area contributed by atoms with E-state index in [1.807, 2.05) is 72.8 Å². The minimum atomic E-state index is -0.574. The fourth-order valence-corrected chi connectivity index (χ4v) is 4.17. The first kappa shape index (κ1) is 48.2. The predicted molar refractivity (Wildman–Crippen MR) is 184 cm³/mol. The standard InChI is InChI=1S/C17H11BrFNO.C11H9NO.C6H3BrF2.CH2O3.CH4.2K.H/c18-17-14(19)4-3-6-16(17)21-13-9-7-12(8-10-13)15-5-1-2-11-20-15;13-10-6-4-9(5-7-10)11-3-1-2-8-12-11;7-6-4(8)2-1-3-5(6)9;2-1-4-3;;;;/h1-11H;1-8,13H;1-3H;1,3H;1H4;;;/q;;;;;2*+1;-1/p-1. The van der Waals surface area contributed by atoms with Gasteiger partial charge < -0.3 is 21.4 Å². The fourth-order valence-electron chi connectivity index (χ4n) is 3.56. The van der Waals surface area contributed by atoms with Crippen LogP contribution in [0.4, 0.5) is 13.2 Å². The third-order valence-corrected chi connectivity index (χ3v) is 7.26. The number of hydrogen-bond donors (Lipinski definition) is 1. The molecule has 0 spiro atoms. The number of phenols is 1. The van der Waals surface area contributed by atoms with Gasteiger partial charge in [0.25, 0.3) is 6.47 Å². The molecule has 0 aliphatic heterocycles. The molecule has 0 saturated carbocycles. The molecule has 0 aliphatic rings. The summed E-state index contributed by atoms with van der Waals surface area (Å²) in [6.07, 6.45) is 3.51. The Morgan fingerprint density at radius 2 is 1.06 bits per heavy atom. The van der Waals surface area contributed by atoms with Gasteiger partial charge in [-0.3, -0.25) is 14.8 Å². The van der Waals surface area contributed by atoms with Crippen molar-refractivity contribution >= 4 is 38.3 Å². The van der Waals surface area contributed by atoms with Crippen LogP contribution < -0.4 is 113 Å². The molecule has 7 nitrogen and oxygen atoms in total. The molecule has 0 atom stereocenters. The number of phenolic OH excluding ortho intramolecular Hbond substituents is 1. The van der Waals surface area contributed by atoms with Crippen LogP contribution in [0.2, 0.25) is 0 Å². The van der Waals surface area contributed by atoms with Gasteiger partial charge in [0, 0.05) is 23.5 Å². The Morgan fingerprint density at radius 3 is 1.46 bits per heavy atom. The third kappa shape index (κ3) is 16.7. The van der Waals surface area contributed by atoms with E-state index in [9.17, 15) is 13.2 Å². The average molecular weight is 865 g/mol. The van der Waals surface area contributed by atoms with Crippen molar-refractivity contribution in [2.75, 3.05) is 0 Å². The van der Waals surface area contributed by atoms with Crippen LogP contribution in [0.25, 0.3) is 22.5 Å². The molecule has 250 valence electrons. The Kier molecular flexibility index (Phi) is 26.0. The van der Waals surface area contributed by atoms with Crippen LogP contribution in [-0.4, -0.2) is 21.5 Å². The number of hydrogen-bond acceptors (Lipinski definition) is 7. The van der Waals surface area contributed by atoms with Crippen molar-refractivity contribution < 1.29 is 142 Å². The van der Waals surface area contributed by atoms with Crippen molar-refractivity contribution in [1.82, 2.24) is 9.97 Å². The van der Waals surface area contributed by atoms with Gasteiger partial charge >= 0.3 is 103 Å². The number of halogens is 5. The maximum atomic E-state index is 13.4. The molecule has 0 radical (unpaired) electrons. The van der Waals surface area contributed by atoms with Gasteiger partial charge in [0.2, 0.25) is 0 Å². The van der Waals surface area contributed by atoms with Gasteiger partial charge in [0.15, 0.2) is 0 Å². The largest absolute Gasteiger partial charge is 1.00 e. The van der Waals surface area contributed by atoms with Gasteiger partial charge in [-0.15, -0.1) is 0 Å². The van der Waals surface area contributed by atoms with Crippen LogP contribution in [0.1, 0.15) is 8.85 Å². The number of ether oxygens (including phenoxy) is 1. The van der Waals surface area contributed by atoms with E-state index in [-0.39, 0.29) is 134 Å². The van der Waals surface area contributed by atoms with Crippen molar-refractivity contribution in [3.8, 4) is 39.8 Å². The molecular formula is C36H29Br2F3K2N2O5. The number of pyridine rings is 2. The fraction of sp³-hybridized carbons (Fsp3) is 0.0278. The summed E-state index contributed by atoms with van der Waals surface area (Å²) in [5.41, 5.74) is 3.83. The molecule has 2 aromatic heterocycles. The number of carbonyl (C=O) groups is 1. The summed E-state index contributed by atoms with van der Waals surface area (Å²) in [5.74, 6) is -0.135. The average Bonchev–Trinajstić information content (AvgIpc) is 3.11. The molecule has 2 heterocycles. The Morgan fingerprint density at radius 1 is 0.640 bits per heavy atom. The summed E-state index contributed by atoms with van der Waals surface area (Å²) in [5, 5.41) is 17.5. The summed E-state index contributed by atoms with van der Waals surface area (Å²) in [6, 6.07) is 34.4. The number of aromatic hydroxyl groups is 1. The van der Waals surface area contributed by atoms with E-state index in [2.05, 4.69) is 46.7 Å². The maximum absolute atomic E-state index is 13.4. The summed E-state index contributed by atoms with van der Waals surface area (Å²) in [7, 11) is 0. The molecule has 1 N–H and O–H groups in total. The monoisotopic (exact) mass is 862 g/mol. The Bertz CT molecular complexity index is 1820. The summed E-state index contributed by atoms with van der Waals surface area (Å²) in [4.78, 5) is 19.7. The first-order chi connectivity index (χ1) is 22.7. The second-order valence-electron chi connectivity index (χ2n) is 8.88. The third-order valence-electron chi connectivity index (χ3n) is 5.73. The van der Waals surface area contributed by atoms with E-state index in [4.69, 9.17) is 19.9 Å². The Balaban J connectivity index is 0. The molecule has 6 rings (SSSR count). The SMILES string of the molecule is C.Fc1cccc(F)c1Br.Fc1cccc(Oc2ccc(-c3ccccn3)cc2)c1Br.O=CO[O-].Oc1ccc(-c2ccccn2)cc1.[H-].[K+].[K+]. The van der Waals surface area contributed by atoms with E-state index < -0.39 is 11.6 Å². The molecular weight excluding hydrogens is 835 g/mol. The molecule has 0 aliphatic carbocycles. The van der Waals surface area contributed by atoms with E-state index in [1.54, 1.807) is 36.7 Å². The van der Waals surface area contributed by atoms with Crippen LogP contribution in [0, 0.1) is 17.5 Å². The molecule has 0 bridgehead atoms. The molecule has 0 amide bonds. The number of benzene rings is 4. The maximum Gasteiger partial charge on any atom is 1.00 e. The molecule has 0 unspecified atom stereocenters. The zero-order valence-corrected chi connectivity index (χ0v) is 35.6. The van der Waals surface area contributed by atoms with Gasteiger partial charge in [-0.2, -0.15) is 0 Å². The number of carbonyl (C=O) groups excluding carboxylic acids is 1. The van der Waals surface area contributed by atoms with Crippen LogP contribution >= 0.6 is 31.9 Å². The molecule has 4 aromatic carbocycles. The molecule has 0 saturated heterocycles. The van der Waals surface area contributed by atoms with Gasteiger partial charge in [-0.05, 0) is 129 Å². The minimum Gasteiger partial charge on any atom is -1.00 e. The van der Waals surface area contributed by atoms with Crippen LogP contribution in [0.5, 0.6) is 17.2 Å². The topological polar surface area (TPSA) is 105 Å². The summed E-state index contributed by atoms with van der Waals surface area (Å²) >= 11 is 5.91. The smallest absolute Gasteiger partial charge is 1.00 e. The first-order valence-corrected chi connectivity index (χ1v) is 15.0. The van der Waals surface area contributed by atoms with E-state index in [0.717, 1.165) is 22.5 Å². The van der Waals surface area contributed by atoms with Crippen molar-refractivity contribution in [1.29, 1.82) is 0 Å². The Labute approximate surface area is 391 Å². The zero-order valence-electron chi connectivity index (χ0n) is 27.1. The molecule has 0 fully saturated rings. The number of nitrogens with zero attached hydrogens (tertiary/aromatic N) is 2. The van der Waals surface area contributed by atoms with Crippen LogP contribution in [0.15, 0.2) is 143 Å². The van der Waals surface area contributed by atoms with E-state index >= 15 is 0 Å². The van der Waals surface area contributed by atoms with Crippen LogP contribution in [-0.2, 0) is 9.68 Å². The van der Waals surface area contributed by atoms with Crippen molar-refractivity contribution in [2.45, 2.75) is 7.43 Å². The second-order valence-corrected chi connectivity index (χ2v) is 10.5. The van der Waals surface area contributed by atoms with Crippen molar-refractivity contribution in [2.24, 2.45) is 0 Å². The van der Waals surface area contributed by atoms with Gasteiger partial charge in [-0.25, -0.2) is 13.2 Å². The summed E-state index contributed by atoms with van der Waals surface area (Å²) < 4.78 is 43.9. The number of rotatable bonds is 5. The second kappa shape index (κ2) is 26.9. The van der Waals surface area contributed by atoms with E-state index in [1.165, 1.54) is 24.3 Å². The van der Waals surface area contributed by atoms with Crippen molar-refractivity contribution in [3.05, 3.63) is 160 Å².